The minimum atomic E-state index is -0.0354. The highest BCUT2D eigenvalue weighted by molar-refractivity contribution is 5.37. The first kappa shape index (κ1) is 13.0. The van der Waals surface area contributed by atoms with E-state index in [0.717, 1.165) is 16.9 Å². The normalized spacial score (nSPS) is 12.9. The fourth-order valence-corrected chi connectivity index (χ4v) is 1.63. The average Bonchev–Trinajstić information content (AvgIpc) is 2.23. The van der Waals surface area contributed by atoms with Crippen molar-refractivity contribution in [1.29, 1.82) is 0 Å². The van der Waals surface area contributed by atoms with Crippen LogP contribution < -0.4 is 10.5 Å². The molecule has 1 rings (SSSR count). The second kappa shape index (κ2) is 5.87. The maximum atomic E-state index is 5.67. The van der Waals surface area contributed by atoms with Gasteiger partial charge in [0.2, 0.25) is 0 Å². The van der Waals surface area contributed by atoms with Crippen molar-refractivity contribution < 1.29 is 9.47 Å². The lowest BCUT2D eigenvalue weighted by molar-refractivity contribution is 0.110. The van der Waals surface area contributed by atoms with Crippen LogP contribution in [0.5, 0.6) is 5.75 Å². The average molecular weight is 223 g/mol. The van der Waals surface area contributed by atoms with Gasteiger partial charge in [-0.2, -0.15) is 0 Å². The Morgan fingerprint density at radius 2 is 2.00 bits per heavy atom. The molecule has 0 amide bonds. The predicted molar refractivity (Wildman–Crippen MR) is 65.7 cm³/mol. The van der Waals surface area contributed by atoms with Crippen molar-refractivity contribution in [3.05, 3.63) is 29.3 Å². The quantitative estimate of drug-likeness (QED) is 0.833. The zero-order valence-corrected chi connectivity index (χ0v) is 10.5. The zero-order valence-electron chi connectivity index (χ0n) is 10.5. The Hall–Kier alpha value is -1.06. The van der Waals surface area contributed by atoms with Gasteiger partial charge in [-0.25, -0.2) is 0 Å². The fraction of sp³-hybridized carbons (Fsp3) is 0.538. The molecule has 1 unspecified atom stereocenters. The molecule has 16 heavy (non-hydrogen) atoms. The number of benzene rings is 1. The highest BCUT2D eigenvalue weighted by Gasteiger charge is 2.10. The van der Waals surface area contributed by atoms with Crippen LogP contribution in [-0.4, -0.2) is 19.8 Å². The van der Waals surface area contributed by atoms with E-state index >= 15 is 0 Å². The van der Waals surface area contributed by atoms with Gasteiger partial charge in [-0.3, -0.25) is 0 Å². The summed E-state index contributed by atoms with van der Waals surface area (Å²) in [4.78, 5) is 0. The lowest BCUT2D eigenvalue weighted by Crippen LogP contribution is -2.14. The molecule has 0 heterocycles. The number of nitrogens with two attached hydrogens (primary N) is 1. The SMILES string of the molecule is COC(CN)c1ccc(OC(C)C)c(C)c1. The molecule has 0 radical (unpaired) electrons. The van der Waals surface area contributed by atoms with E-state index < -0.39 is 0 Å². The van der Waals surface area contributed by atoms with E-state index in [1.54, 1.807) is 7.11 Å². The maximum absolute atomic E-state index is 5.67. The Balaban J connectivity index is 2.89. The van der Waals surface area contributed by atoms with Gasteiger partial charge in [0.15, 0.2) is 0 Å². The van der Waals surface area contributed by atoms with Gasteiger partial charge in [0.05, 0.1) is 12.2 Å². The molecule has 1 aromatic carbocycles. The van der Waals surface area contributed by atoms with Crippen LogP contribution in [0.25, 0.3) is 0 Å². The molecule has 0 aromatic heterocycles. The van der Waals surface area contributed by atoms with Crippen LogP contribution in [-0.2, 0) is 4.74 Å². The van der Waals surface area contributed by atoms with Crippen LogP contribution >= 0.6 is 0 Å². The minimum Gasteiger partial charge on any atom is -0.491 e. The standard InChI is InChI=1S/C13H21NO2/c1-9(2)16-12-6-5-11(7-10(12)3)13(8-14)15-4/h5-7,9,13H,8,14H2,1-4H3. The van der Waals surface area contributed by atoms with Gasteiger partial charge in [0, 0.05) is 13.7 Å². The molecular weight excluding hydrogens is 202 g/mol. The summed E-state index contributed by atoms with van der Waals surface area (Å²) in [5.41, 5.74) is 7.84. The van der Waals surface area contributed by atoms with Gasteiger partial charge >= 0.3 is 0 Å². The van der Waals surface area contributed by atoms with Crippen LogP contribution in [0.4, 0.5) is 0 Å². The van der Waals surface area contributed by atoms with E-state index in [2.05, 4.69) is 6.07 Å². The molecule has 2 N–H and O–H groups in total. The molecule has 90 valence electrons. The third-order valence-corrected chi connectivity index (χ3v) is 2.43. The third kappa shape index (κ3) is 3.22. The Labute approximate surface area is 97.6 Å². The lowest BCUT2D eigenvalue weighted by atomic mass is 10.1. The summed E-state index contributed by atoms with van der Waals surface area (Å²) in [5.74, 6) is 0.922. The Kier molecular flexibility index (Phi) is 4.77. The lowest BCUT2D eigenvalue weighted by Gasteiger charge is -2.17. The van der Waals surface area contributed by atoms with Crippen LogP contribution in [0.2, 0.25) is 0 Å². The number of hydrogen-bond donors (Lipinski definition) is 1. The molecule has 0 bridgehead atoms. The fourth-order valence-electron chi connectivity index (χ4n) is 1.63. The van der Waals surface area contributed by atoms with E-state index in [9.17, 15) is 0 Å². The second-order valence-corrected chi connectivity index (χ2v) is 4.15. The summed E-state index contributed by atoms with van der Waals surface area (Å²) in [6, 6.07) is 6.05. The minimum absolute atomic E-state index is 0.0354. The van der Waals surface area contributed by atoms with E-state index in [1.165, 1.54) is 0 Å². The molecular formula is C13H21NO2. The van der Waals surface area contributed by atoms with Crippen molar-refractivity contribution in [1.82, 2.24) is 0 Å². The zero-order chi connectivity index (χ0) is 12.1. The number of methoxy groups -OCH3 is 1. The van der Waals surface area contributed by atoms with E-state index in [1.807, 2.05) is 32.9 Å². The van der Waals surface area contributed by atoms with Crippen molar-refractivity contribution in [3.63, 3.8) is 0 Å². The molecule has 0 aliphatic rings. The molecule has 3 nitrogen and oxygen atoms in total. The smallest absolute Gasteiger partial charge is 0.122 e. The first-order chi connectivity index (χ1) is 7.58. The Bertz CT molecular complexity index is 333. The highest BCUT2D eigenvalue weighted by atomic mass is 16.5. The summed E-state index contributed by atoms with van der Waals surface area (Å²) in [7, 11) is 1.67. The van der Waals surface area contributed by atoms with Gasteiger partial charge in [-0.1, -0.05) is 6.07 Å². The van der Waals surface area contributed by atoms with Crippen molar-refractivity contribution >= 4 is 0 Å². The van der Waals surface area contributed by atoms with E-state index in [-0.39, 0.29) is 12.2 Å². The molecule has 1 atom stereocenters. The van der Waals surface area contributed by atoms with Gasteiger partial charge in [-0.15, -0.1) is 0 Å². The van der Waals surface area contributed by atoms with Crippen molar-refractivity contribution in [2.24, 2.45) is 5.73 Å². The predicted octanol–water partition coefficient (Wildman–Crippen LogP) is 2.43. The third-order valence-electron chi connectivity index (χ3n) is 2.43. The maximum Gasteiger partial charge on any atom is 0.122 e. The molecule has 0 aliphatic carbocycles. The molecule has 0 saturated carbocycles. The van der Waals surface area contributed by atoms with E-state index in [4.69, 9.17) is 15.2 Å². The van der Waals surface area contributed by atoms with Gasteiger partial charge in [0.25, 0.3) is 0 Å². The number of rotatable bonds is 5. The summed E-state index contributed by atoms with van der Waals surface area (Å²) < 4.78 is 11.0. The molecule has 0 saturated heterocycles. The van der Waals surface area contributed by atoms with Gasteiger partial charge < -0.3 is 15.2 Å². The number of aryl methyl sites for hydroxylation is 1. The van der Waals surface area contributed by atoms with Crippen LogP contribution in [0.1, 0.15) is 31.1 Å². The molecule has 3 heteroatoms. The second-order valence-electron chi connectivity index (χ2n) is 4.15. The number of ether oxygens (including phenoxy) is 2. The van der Waals surface area contributed by atoms with Crippen molar-refractivity contribution in [2.45, 2.75) is 33.0 Å². The van der Waals surface area contributed by atoms with Crippen LogP contribution in [0.3, 0.4) is 0 Å². The van der Waals surface area contributed by atoms with E-state index in [0.29, 0.717) is 6.54 Å². The molecule has 0 aliphatic heterocycles. The highest BCUT2D eigenvalue weighted by Crippen LogP contribution is 2.24. The largest absolute Gasteiger partial charge is 0.491 e. The summed E-state index contributed by atoms with van der Waals surface area (Å²) in [6.45, 7) is 6.56. The Morgan fingerprint density at radius 1 is 1.31 bits per heavy atom. The first-order valence-electron chi connectivity index (χ1n) is 5.58. The molecule has 0 spiro atoms. The molecule has 0 fully saturated rings. The monoisotopic (exact) mass is 223 g/mol. The number of hydrogen-bond acceptors (Lipinski definition) is 3. The first-order valence-corrected chi connectivity index (χ1v) is 5.58. The van der Waals surface area contributed by atoms with Crippen LogP contribution in [0.15, 0.2) is 18.2 Å². The van der Waals surface area contributed by atoms with Gasteiger partial charge in [0.1, 0.15) is 5.75 Å². The van der Waals surface area contributed by atoms with Gasteiger partial charge in [-0.05, 0) is 44.0 Å². The summed E-state index contributed by atoms with van der Waals surface area (Å²) >= 11 is 0. The summed E-state index contributed by atoms with van der Waals surface area (Å²) in [5, 5.41) is 0. The molecule has 1 aromatic rings. The topological polar surface area (TPSA) is 44.5 Å². The summed E-state index contributed by atoms with van der Waals surface area (Å²) in [6.07, 6.45) is 0.157. The Morgan fingerprint density at radius 3 is 2.44 bits per heavy atom. The van der Waals surface area contributed by atoms with Crippen molar-refractivity contribution in [3.8, 4) is 5.75 Å². The van der Waals surface area contributed by atoms with Crippen LogP contribution in [0, 0.1) is 6.92 Å². The van der Waals surface area contributed by atoms with Crippen molar-refractivity contribution in [2.75, 3.05) is 13.7 Å².